The molecule has 14 heavy (non-hydrogen) atoms. The molecule has 0 aromatic rings. The molecular weight excluding hydrogens is 184 g/mol. The van der Waals surface area contributed by atoms with E-state index in [0.29, 0.717) is 0 Å². The molecule has 0 spiro atoms. The van der Waals surface area contributed by atoms with Gasteiger partial charge in [0.25, 0.3) is 5.79 Å². The highest BCUT2D eigenvalue weighted by molar-refractivity contribution is 6.15. The molecule has 4 nitrogen and oxygen atoms in total. The van der Waals surface area contributed by atoms with Crippen LogP contribution >= 0.6 is 0 Å². The summed E-state index contributed by atoms with van der Waals surface area (Å²) >= 11 is 0. The molecule has 0 bridgehead atoms. The van der Waals surface area contributed by atoms with E-state index in [9.17, 15) is 9.59 Å². The number of hydrogen-bond donors (Lipinski definition) is 0. The van der Waals surface area contributed by atoms with Crippen molar-refractivity contribution in [1.29, 1.82) is 0 Å². The zero-order chi connectivity index (χ0) is 10.8. The smallest absolute Gasteiger partial charge is 0.348 e. The Bertz CT molecular complexity index is 301. The summed E-state index contributed by atoms with van der Waals surface area (Å²) < 4.78 is 9.74. The van der Waals surface area contributed by atoms with Gasteiger partial charge in [0.1, 0.15) is 5.57 Å². The maximum absolute atomic E-state index is 11.3. The monoisotopic (exact) mass is 196 g/mol. The van der Waals surface area contributed by atoms with Gasteiger partial charge in [-0.1, -0.05) is 12.2 Å². The van der Waals surface area contributed by atoms with Gasteiger partial charge in [-0.15, -0.1) is 0 Å². The maximum atomic E-state index is 11.3. The normalized spacial score (nSPS) is 20.6. The standard InChI is InChI=1S/C10H12O4/c1-4-5-6-7-8(11)13-10(2,3)14-9(7)12/h4-6H,1-3H3/b5-4+. The molecule has 4 heteroatoms. The van der Waals surface area contributed by atoms with E-state index in [0.717, 1.165) is 0 Å². The summed E-state index contributed by atoms with van der Waals surface area (Å²) in [6, 6.07) is 0. The van der Waals surface area contributed by atoms with Crippen LogP contribution in [0.5, 0.6) is 0 Å². The summed E-state index contributed by atoms with van der Waals surface area (Å²) in [5.74, 6) is -2.46. The Morgan fingerprint density at radius 2 is 1.64 bits per heavy atom. The van der Waals surface area contributed by atoms with Gasteiger partial charge in [-0.2, -0.15) is 0 Å². The number of allylic oxidation sites excluding steroid dienone is 3. The highest BCUT2D eigenvalue weighted by Crippen LogP contribution is 2.22. The van der Waals surface area contributed by atoms with Crippen molar-refractivity contribution in [1.82, 2.24) is 0 Å². The van der Waals surface area contributed by atoms with Crippen LogP contribution in [0.25, 0.3) is 0 Å². The second-order valence-corrected chi connectivity index (χ2v) is 3.28. The average Bonchev–Trinajstić information content (AvgIpc) is 2.00. The molecule has 0 radical (unpaired) electrons. The van der Waals surface area contributed by atoms with Crippen LogP contribution in [0.2, 0.25) is 0 Å². The van der Waals surface area contributed by atoms with Gasteiger partial charge < -0.3 is 9.47 Å². The average molecular weight is 196 g/mol. The molecule has 0 atom stereocenters. The van der Waals surface area contributed by atoms with Gasteiger partial charge in [-0.3, -0.25) is 0 Å². The fourth-order valence-electron chi connectivity index (χ4n) is 0.989. The summed E-state index contributed by atoms with van der Waals surface area (Å²) in [6.07, 6.45) is 4.66. The van der Waals surface area contributed by atoms with E-state index in [-0.39, 0.29) is 5.57 Å². The number of cyclic esters (lactones) is 2. The van der Waals surface area contributed by atoms with Crippen molar-refractivity contribution < 1.29 is 19.1 Å². The first kappa shape index (κ1) is 10.5. The molecule has 0 amide bonds. The third kappa shape index (κ3) is 2.22. The summed E-state index contributed by atoms with van der Waals surface area (Å²) in [4.78, 5) is 22.6. The van der Waals surface area contributed by atoms with Crippen LogP contribution in [-0.4, -0.2) is 17.7 Å². The number of rotatable bonds is 1. The van der Waals surface area contributed by atoms with Crippen LogP contribution in [0.3, 0.4) is 0 Å². The van der Waals surface area contributed by atoms with Crippen molar-refractivity contribution in [2.24, 2.45) is 0 Å². The fraction of sp³-hybridized carbons (Fsp3) is 0.400. The molecule has 1 saturated heterocycles. The van der Waals surface area contributed by atoms with E-state index >= 15 is 0 Å². The first-order valence-corrected chi connectivity index (χ1v) is 4.26. The Kier molecular flexibility index (Phi) is 2.74. The van der Waals surface area contributed by atoms with Crippen LogP contribution in [0, 0.1) is 0 Å². The number of carbonyl (C=O) groups excluding carboxylic acids is 2. The Morgan fingerprint density at radius 3 is 2.07 bits per heavy atom. The maximum Gasteiger partial charge on any atom is 0.348 e. The number of ether oxygens (including phenoxy) is 2. The highest BCUT2D eigenvalue weighted by Gasteiger charge is 2.38. The second kappa shape index (κ2) is 3.65. The first-order valence-electron chi connectivity index (χ1n) is 4.26. The second-order valence-electron chi connectivity index (χ2n) is 3.28. The highest BCUT2D eigenvalue weighted by atomic mass is 16.7. The molecule has 1 aliphatic rings. The number of hydrogen-bond acceptors (Lipinski definition) is 4. The van der Waals surface area contributed by atoms with Crippen molar-refractivity contribution in [3.05, 3.63) is 23.8 Å². The van der Waals surface area contributed by atoms with Gasteiger partial charge in [0.15, 0.2) is 0 Å². The van der Waals surface area contributed by atoms with Crippen molar-refractivity contribution in [2.75, 3.05) is 0 Å². The Labute approximate surface area is 82.2 Å². The number of esters is 2. The van der Waals surface area contributed by atoms with Crippen molar-refractivity contribution >= 4 is 11.9 Å². The van der Waals surface area contributed by atoms with E-state index in [2.05, 4.69) is 0 Å². The molecule has 0 aromatic heterocycles. The minimum absolute atomic E-state index is 0.0811. The minimum Gasteiger partial charge on any atom is -0.419 e. The van der Waals surface area contributed by atoms with E-state index in [1.54, 1.807) is 19.1 Å². The molecular formula is C10H12O4. The third-order valence-corrected chi connectivity index (χ3v) is 1.57. The van der Waals surface area contributed by atoms with Gasteiger partial charge >= 0.3 is 11.9 Å². The molecule has 0 saturated carbocycles. The van der Waals surface area contributed by atoms with Gasteiger partial charge in [0, 0.05) is 13.8 Å². The van der Waals surface area contributed by atoms with Crippen LogP contribution in [0.1, 0.15) is 20.8 Å². The van der Waals surface area contributed by atoms with Crippen molar-refractivity contribution in [3.8, 4) is 0 Å². The number of carbonyl (C=O) groups is 2. The van der Waals surface area contributed by atoms with Crippen LogP contribution in [-0.2, 0) is 19.1 Å². The predicted molar refractivity (Wildman–Crippen MR) is 49.2 cm³/mol. The quantitative estimate of drug-likeness (QED) is 0.360. The third-order valence-electron chi connectivity index (χ3n) is 1.57. The zero-order valence-corrected chi connectivity index (χ0v) is 8.37. The van der Waals surface area contributed by atoms with Crippen molar-refractivity contribution in [3.63, 3.8) is 0 Å². The van der Waals surface area contributed by atoms with Crippen LogP contribution in [0.15, 0.2) is 23.8 Å². The molecule has 0 aromatic carbocycles. The van der Waals surface area contributed by atoms with Crippen LogP contribution in [0.4, 0.5) is 0 Å². The fourth-order valence-corrected chi connectivity index (χ4v) is 0.989. The lowest BCUT2D eigenvalue weighted by atomic mass is 10.2. The predicted octanol–water partition coefficient (Wildman–Crippen LogP) is 1.32. The molecule has 0 N–H and O–H groups in total. The van der Waals surface area contributed by atoms with E-state index < -0.39 is 17.7 Å². The van der Waals surface area contributed by atoms with Gasteiger partial charge in [0.05, 0.1) is 0 Å². The molecule has 0 aliphatic carbocycles. The zero-order valence-electron chi connectivity index (χ0n) is 8.37. The Morgan fingerprint density at radius 1 is 1.14 bits per heavy atom. The van der Waals surface area contributed by atoms with Crippen LogP contribution < -0.4 is 0 Å². The SMILES string of the molecule is C/C=C/C=C1C(=O)OC(C)(C)OC1=O. The lowest BCUT2D eigenvalue weighted by Crippen LogP contribution is -2.41. The molecule has 76 valence electrons. The first-order chi connectivity index (χ1) is 6.46. The van der Waals surface area contributed by atoms with E-state index in [1.807, 2.05) is 0 Å². The minimum atomic E-state index is -1.17. The Hall–Kier alpha value is -1.58. The molecule has 1 rings (SSSR count). The van der Waals surface area contributed by atoms with Gasteiger partial charge in [0.2, 0.25) is 0 Å². The molecule has 1 heterocycles. The molecule has 0 unspecified atom stereocenters. The Balaban J connectivity index is 2.92. The summed E-state index contributed by atoms with van der Waals surface area (Å²) in [6.45, 7) is 4.80. The van der Waals surface area contributed by atoms with Gasteiger partial charge in [-0.25, -0.2) is 9.59 Å². The molecule has 1 aliphatic heterocycles. The van der Waals surface area contributed by atoms with E-state index in [1.165, 1.54) is 19.9 Å². The van der Waals surface area contributed by atoms with Gasteiger partial charge in [-0.05, 0) is 13.0 Å². The lowest BCUT2D eigenvalue weighted by molar-refractivity contribution is -0.222. The summed E-state index contributed by atoms with van der Waals surface area (Å²) in [5.41, 5.74) is -0.0811. The lowest BCUT2D eigenvalue weighted by Gasteiger charge is -2.29. The summed E-state index contributed by atoms with van der Waals surface area (Å²) in [7, 11) is 0. The van der Waals surface area contributed by atoms with Crippen molar-refractivity contribution in [2.45, 2.75) is 26.6 Å². The largest absolute Gasteiger partial charge is 0.419 e. The topological polar surface area (TPSA) is 52.6 Å². The molecule has 1 fully saturated rings. The summed E-state index contributed by atoms with van der Waals surface area (Å²) in [5, 5.41) is 0. The van der Waals surface area contributed by atoms with E-state index in [4.69, 9.17) is 9.47 Å².